The Balaban J connectivity index is 1.95. The molecule has 6 heteroatoms. The van der Waals surface area contributed by atoms with Gasteiger partial charge in [0.1, 0.15) is 11.8 Å². The fourth-order valence-corrected chi connectivity index (χ4v) is 4.61. The molecule has 0 aliphatic rings. The molecule has 1 N–H and O–H groups in total. The molecule has 28 heavy (non-hydrogen) atoms. The smallest absolute Gasteiger partial charge is 0.264 e. The molecule has 3 aromatic heterocycles. The predicted molar refractivity (Wildman–Crippen MR) is 111 cm³/mol. The number of aromatic hydroxyl groups is 1. The third-order valence-corrected chi connectivity index (χ3v) is 6.09. The van der Waals surface area contributed by atoms with E-state index in [2.05, 4.69) is 11.1 Å². The van der Waals surface area contributed by atoms with E-state index in [1.165, 1.54) is 15.7 Å². The number of hydrogen-bond donors (Lipinski definition) is 1. The summed E-state index contributed by atoms with van der Waals surface area (Å²) in [5, 5.41) is 21.5. The number of para-hydroxylation sites is 2. The first-order valence-electron chi connectivity index (χ1n) is 8.66. The Kier molecular flexibility index (Phi) is 3.48. The average Bonchev–Trinajstić information content (AvgIpc) is 3.24. The number of rotatable bonds is 1. The van der Waals surface area contributed by atoms with Crippen LogP contribution in [0.1, 0.15) is 16.0 Å². The molecule has 0 amide bonds. The maximum atomic E-state index is 13.3. The lowest BCUT2D eigenvalue weighted by Gasteiger charge is -2.02. The Morgan fingerprint density at radius 1 is 1.18 bits per heavy atom. The van der Waals surface area contributed by atoms with Gasteiger partial charge in [-0.15, -0.1) is 11.3 Å². The molecule has 0 aliphatic heterocycles. The van der Waals surface area contributed by atoms with E-state index < -0.39 is 0 Å². The highest BCUT2D eigenvalue weighted by Gasteiger charge is 2.17. The Hall–Kier alpha value is -3.69. The maximum Gasteiger partial charge on any atom is 0.264 e. The van der Waals surface area contributed by atoms with Gasteiger partial charge >= 0.3 is 0 Å². The number of thiophene rings is 1. The van der Waals surface area contributed by atoms with Crippen molar-refractivity contribution in [3.8, 4) is 11.8 Å². The van der Waals surface area contributed by atoms with Gasteiger partial charge in [-0.25, -0.2) is 4.98 Å². The average molecular weight is 383 g/mol. The van der Waals surface area contributed by atoms with Crippen LogP contribution in [0.2, 0.25) is 0 Å². The van der Waals surface area contributed by atoms with E-state index in [0.717, 1.165) is 10.1 Å². The summed E-state index contributed by atoms with van der Waals surface area (Å²) in [6, 6.07) is 17.0. The highest BCUT2D eigenvalue weighted by Crippen LogP contribution is 2.37. The summed E-state index contributed by atoms with van der Waals surface area (Å²) in [6.45, 7) is 1.75. The van der Waals surface area contributed by atoms with E-state index in [9.17, 15) is 15.2 Å². The molecule has 5 nitrogen and oxygen atoms in total. The fraction of sp³-hybridized carbons (Fsp3) is 0.0455. The van der Waals surface area contributed by atoms with Crippen molar-refractivity contribution in [2.75, 3.05) is 0 Å². The summed E-state index contributed by atoms with van der Waals surface area (Å²) in [7, 11) is 0. The quantitative estimate of drug-likeness (QED) is 0.481. The maximum absolute atomic E-state index is 13.3. The van der Waals surface area contributed by atoms with Gasteiger partial charge in [0.25, 0.3) is 5.56 Å². The van der Waals surface area contributed by atoms with E-state index in [-0.39, 0.29) is 11.3 Å². The summed E-state index contributed by atoms with van der Waals surface area (Å²) in [5.74, 6) is 0.147. The topological polar surface area (TPSA) is 78.4 Å². The molecule has 0 radical (unpaired) electrons. The Bertz CT molecular complexity index is 1570. The van der Waals surface area contributed by atoms with Gasteiger partial charge in [0.05, 0.1) is 21.5 Å². The molecule has 0 bridgehead atoms. The van der Waals surface area contributed by atoms with Crippen molar-refractivity contribution < 1.29 is 5.11 Å². The summed E-state index contributed by atoms with van der Waals surface area (Å²) in [4.78, 5) is 18.4. The monoisotopic (exact) mass is 383 g/mol. The van der Waals surface area contributed by atoms with Crippen molar-refractivity contribution >= 4 is 44.2 Å². The van der Waals surface area contributed by atoms with E-state index in [0.29, 0.717) is 37.9 Å². The lowest BCUT2D eigenvalue weighted by molar-refractivity contribution is 0.482. The largest absolute Gasteiger partial charge is 0.506 e. The van der Waals surface area contributed by atoms with Crippen LogP contribution >= 0.6 is 11.3 Å². The highest BCUT2D eigenvalue weighted by molar-refractivity contribution is 7.20. The third kappa shape index (κ3) is 2.17. The van der Waals surface area contributed by atoms with Gasteiger partial charge < -0.3 is 5.11 Å². The molecular formula is C22H13N3O2S. The Morgan fingerprint density at radius 2 is 1.93 bits per heavy atom. The van der Waals surface area contributed by atoms with E-state index >= 15 is 0 Å². The van der Waals surface area contributed by atoms with Crippen LogP contribution in [0, 0.1) is 18.3 Å². The second-order valence-corrected chi connectivity index (χ2v) is 7.63. The molecule has 0 saturated heterocycles. The highest BCUT2D eigenvalue weighted by atomic mass is 32.1. The minimum Gasteiger partial charge on any atom is -0.506 e. The zero-order valence-corrected chi connectivity index (χ0v) is 15.6. The van der Waals surface area contributed by atoms with Crippen LogP contribution in [-0.2, 0) is 0 Å². The first-order chi connectivity index (χ1) is 13.6. The van der Waals surface area contributed by atoms with Crippen molar-refractivity contribution in [3.63, 3.8) is 0 Å². The number of fused-ring (bicyclic) bond motifs is 4. The van der Waals surface area contributed by atoms with Gasteiger partial charge in [0, 0.05) is 15.3 Å². The van der Waals surface area contributed by atoms with Gasteiger partial charge in [0.2, 0.25) is 0 Å². The molecule has 0 unspecified atom stereocenters. The standard InChI is InChI=1S/C22H13N3O2S/c1-12-14(10-19-20(26)13-6-2-5-9-18(13)28-19)22(27)25-17-8-4-3-7-16(17)24-21(25)15(12)11-23/h2-10,26H,1H3/b14-10-. The van der Waals surface area contributed by atoms with Crippen LogP contribution in [0.3, 0.4) is 0 Å². The lowest BCUT2D eigenvalue weighted by atomic mass is 10.1. The number of imidazole rings is 1. The Labute approximate surface area is 163 Å². The van der Waals surface area contributed by atoms with Gasteiger partial charge in [-0.1, -0.05) is 24.3 Å². The van der Waals surface area contributed by atoms with Crippen LogP contribution < -0.4 is 10.8 Å². The third-order valence-electron chi connectivity index (χ3n) is 4.98. The first kappa shape index (κ1) is 16.5. The number of nitriles is 1. The summed E-state index contributed by atoms with van der Waals surface area (Å²) < 4.78 is 2.42. The van der Waals surface area contributed by atoms with E-state index in [1.54, 1.807) is 13.0 Å². The number of nitrogens with zero attached hydrogens (tertiary/aromatic N) is 3. The molecule has 0 saturated carbocycles. The Morgan fingerprint density at radius 3 is 2.71 bits per heavy atom. The van der Waals surface area contributed by atoms with E-state index in [4.69, 9.17) is 0 Å². The number of aromatic nitrogens is 2. The van der Waals surface area contributed by atoms with Crippen LogP contribution in [0.5, 0.6) is 5.75 Å². The molecule has 2 aromatic carbocycles. The van der Waals surface area contributed by atoms with Gasteiger partial charge in [-0.3, -0.25) is 9.20 Å². The second kappa shape index (κ2) is 5.91. The van der Waals surface area contributed by atoms with Gasteiger partial charge in [-0.2, -0.15) is 5.26 Å². The molecular weight excluding hydrogens is 370 g/mol. The molecule has 0 fully saturated rings. The first-order valence-corrected chi connectivity index (χ1v) is 9.48. The minimum atomic E-state index is -0.253. The zero-order valence-electron chi connectivity index (χ0n) is 14.8. The molecule has 0 spiro atoms. The van der Waals surface area contributed by atoms with Crippen molar-refractivity contribution in [3.05, 3.63) is 80.1 Å². The van der Waals surface area contributed by atoms with Crippen molar-refractivity contribution in [2.45, 2.75) is 6.92 Å². The molecule has 3 heterocycles. The lowest BCUT2D eigenvalue weighted by Crippen LogP contribution is -2.34. The number of pyridine rings is 1. The second-order valence-electron chi connectivity index (χ2n) is 6.55. The molecule has 5 aromatic rings. The summed E-state index contributed by atoms with van der Waals surface area (Å²) >= 11 is 1.41. The fourth-order valence-electron chi connectivity index (χ4n) is 3.57. The van der Waals surface area contributed by atoms with E-state index in [1.807, 2.05) is 48.5 Å². The van der Waals surface area contributed by atoms with Crippen LogP contribution in [0.4, 0.5) is 0 Å². The normalized spacial score (nSPS) is 12.2. The minimum absolute atomic E-state index is 0.147. The van der Waals surface area contributed by atoms with Gasteiger partial charge in [-0.05, 0) is 42.8 Å². The zero-order chi connectivity index (χ0) is 19.4. The van der Waals surface area contributed by atoms with Gasteiger partial charge in [0.15, 0.2) is 5.65 Å². The van der Waals surface area contributed by atoms with Crippen LogP contribution in [0.15, 0.2) is 53.3 Å². The predicted octanol–water partition coefficient (Wildman–Crippen LogP) is 3.50. The number of benzene rings is 2. The molecule has 0 atom stereocenters. The van der Waals surface area contributed by atoms with Crippen molar-refractivity contribution in [1.29, 1.82) is 5.26 Å². The SMILES string of the molecule is Cc1c(C#N)c2nc3ccccc3n2c(=O)/c1=C\c1sc2ccccc2c1O. The molecule has 134 valence electrons. The molecule has 0 aliphatic carbocycles. The van der Waals surface area contributed by atoms with Crippen molar-refractivity contribution in [2.24, 2.45) is 0 Å². The van der Waals surface area contributed by atoms with Crippen LogP contribution in [0.25, 0.3) is 32.8 Å². The van der Waals surface area contributed by atoms with Crippen molar-refractivity contribution in [1.82, 2.24) is 9.38 Å². The summed E-state index contributed by atoms with van der Waals surface area (Å²) in [6.07, 6.45) is 1.67. The summed E-state index contributed by atoms with van der Waals surface area (Å²) in [5.41, 5.74) is 2.36. The number of hydrogen-bond acceptors (Lipinski definition) is 5. The molecule has 5 rings (SSSR count). The van der Waals surface area contributed by atoms with Crippen LogP contribution in [-0.4, -0.2) is 14.5 Å².